The Morgan fingerprint density at radius 2 is 2.16 bits per heavy atom. The lowest BCUT2D eigenvalue weighted by molar-refractivity contribution is -0.122. The fourth-order valence-corrected chi connectivity index (χ4v) is 3.62. The Morgan fingerprint density at radius 1 is 1.40 bits per heavy atom. The monoisotopic (exact) mass is 355 g/mol. The van der Waals surface area contributed by atoms with E-state index in [-0.39, 0.29) is 17.4 Å². The van der Waals surface area contributed by atoms with Crippen molar-refractivity contribution in [1.29, 1.82) is 0 Å². The number of rotatable bonds is 4. The predicted molar refractivity (Wildman–Crippen MR) is 97.4 cm³/mol. The summed E-state index contributed by atoms with van der Waals surface area (Å²) in [5.74, 6) is -0.0117. The third-order valence-corrected chi connectivity index (χ3v) is 5.21. The quantitative estimate of drug-likeness (QED) is 0.556. The summed E-state index contributed by atoms with van der Waals surface area (Å²) >= 11 is 1.44. The van der Waals surface area contributed by atoms with Crippen LogP contribution in [0.2, 0.25) is 0 Å². The van der Waals surface area contributed by atoms with Gasteiger partial charge in [-0.05, 0) is 38.8 Å². The first kappa shape index (κ1) is 15.8. The summed E-state index contributed by atoms with van der Waals surface area (Å²) in [5.41, 5.74) is 4.79. The van der Waals surface area contributed by atoms with Gasteiger partial charge in [-0.3, -0.25) is 14.7 Å². The number of carbonyl (C=O) groups is 1. The van der Waals surface area contributed by atoms with Crippen LogP contribution in [-0.4, -0.2) is 26.4 Å². The van der Waals surface area contributed by atoms with Crippen molar-refractivity contribution < 1.29 is 4.79 Å². The number of hydrogen-bond acceptors (Lipinski definition) is 5. The largest absolute Gasteiger partial charge is 0.293 e. The minimum Gasteiger partial charge on any atom is -0.293 e. The van der Waals surface area contributed by atoms with Gasteiger partial charge in [0.15, 0.2) is 0 Å². The van der Waals surface area contributed by atoms with E-state index in [1.807, 2.05) is 31.2 Å². The van der Waals surface area contributed by atoms with Gasteiger partial charge in [0.1, 0.15) is 0 Å². The number of hydrazone groups is 1. The lowest BCUT2D eigenvalue weighted by Crippen LogP contribution is -2.24. The van der Waals surface area contributed by atoms with Gasteiger partial charge in [-0.15, -0.1) is 0 Å². The van der Waals surface area contributed by atoms with Crippen LogP contribution in [-0.2, 0) is 4.79 Å². The Bertz CT molecular complexity index is 1020. The van der Waals surface area contributed by atoms with Gasteiger partial charge in [0, 0.05) is 11.6 Å². The molecule has 0 radical (unpaired) electrons. The molecule has 0 atom stereocenters. The lowest BCUT2D eigenvalue weighted by atomic mass is 10.2. The molecule has 0 aliphatic heterocycles. The normalized spacial score (nSPS) is 14.9. The fraction of sp³-hybridized carbons (Fsp3) is 0.294. The summed E-state index contributed by atoms with van der Waals surface area (Å²) in [6, 6.07) is 7.74. The number of nitrogens with one attached hydrogen (secondary N) is 2. The van der Waals surface area contributed by atoms with Crippen LogP contribution >= 0.6 is 11.3 Å². The summed E-state index contributed by atoms with van der Waals surface area (Å²) in [5, 5.41) is 7.73. The number of aromatic nitrogens is 3. The van der Waals surface area contributed by atoms with E-state index in [9.17, 15) is 9.59 Å². The predicted octanol–water partition coefficient (Wildman–Crippen LogP) is 2.33. The molecule has 2 aromatic heterocycles. The number of H-pyrrole nitrogens is 1. The van der Waals surface area contributed by atoms with Crippen molar-refractivity contribution in [3.63, 3.8) is 0 Å². The maximum absolute atomic E-state index is 12.8. The maximum atomic E-state index is 12.8. The smallest absolute Gasteiger partial charge is 0.282 e. The summed E-state index contributed by atoms with van der Waals surface area (Å²) in [7, 11) is 0. The van der Waals surface area contributed by atoms with E-state index in [2.05, 4.69) is 20.6 Å². The van der Waals surface area contributed by atoms with Crippen LogP contribution in [0.3, 0.4) is 0 Å². The van der Waals surface area contributed by atoms with Gasteiger partial charge < -0.3 is 0 Å². The Hall–Kier alpha value is -2.74. The Balaban J connectivity index is 1.69. The van der Waals surface area contributed by atoms with Crippen molar-refractivity contribution >= 4 is 33.2 Å². The van der Waals surface area contributed by atoms with Crippen LogP contribution in [0.25, 0.3) is 15.3 Å². The zero-order chi connectivity index (χ0) is 17.6. The van der Waals surface area contributed by atoms with Crippen LogP contribution in [0.4, 0.5) is 0 Å². The van der Waals surface area contributed by atoms with Crippen LogP contribution in [0.1, 0.15) is 31.0 Å². The molecular formula is C17H17N5O2S. The summed E-state index contributed by atoms with van der Waals surface area (Å²) in [6.45, 7) is 3.52. The first-order chi connectivity index (χ1) is 12.0. The number of carbonyl (C=O) groups excluding carboxylic acids is 1. The summed E-state index contributed by atoms with van der Waals surface area (Å²) in [6.07, 6.45) is 1.82. The Morgan fingerprint density at radius 3 is 2.88 bits per heavy atom. The van der Waals surface area contributed by atoms with Gasteiger partial charge in [0.25, 0.3) is 5.56 Å². The van der Waals surface area contributed by atoms with Crippen LogP contribution in [0, 0.1) is 12.8 Å². The van der Waals surface area contributed by atoms with Gasteiger partial charge >= 0.3 is 0 Å². The third kappa shape index (κ3) is 2.89. The van der Waals surface area contributed by atoms with E-state index >= 15 is 0 Å². The molecule has 7 nitrogen and oxygen atoms in total. The second kappa shape index (κ2) is 5.96. The van der Waals surface area contributed by atoms with E-state index < -0.39 is 0 Å². The highest BCUT2D eigenvalue weighted by Crippen LogP contribution is 2.28. The molecular weight excluding hydrogens is 338 g/mol. The highest BCUT2D eigenvalue weighted by atomic mass is 32.1. The van der Waals surface area contributed by atoms with Gasteiger partial charge in [-0.2, -0.15) is 9.78 Å². The maximum Gasteiger partial charge on any atom is 0.282 e. The van der Waals surface area contributed by atoms with Gasteiger partial charge in [0.05, 0.1) is 21.5 Å². The molecule has 1 aromatic carbocycles. The molecule has 0 unspecified atom stereocenters. The third-order valence-electron chi connectivity index (χ3n) is 4.19. The number of thiazole rings is 1. The van der Waals surface area contributed by atoms with Crippen molar-refractivity contribution in [1.82, 2.24) is 20.2 Å². The minimum atomic E-state index is -0.224. The van der Waals surface area contributed by atoms with Crippen molar-refractivity contribution in [2.45, 2.75) is 26.7 Å². The molecule has 1 aliphatic rings. The molecule has 3 aromatic rings. The molecule has 2 N–H and O–H groups in total. The van der Waals surface area contributed by atoms with Crippen molar-refractivity contribution in [3.8, 4) is 5.13 Å². The lowest BCUT2D eigenvalue weighted by Gasteiger charge is -1.99. The average Bonchev–Trinajstić information content (AvgIpc) is 3.29. The first-order valence-electron chi connectivity index (χ1n) is 8.06. The van der Waals surface area contributed by atoms with Gasteiger partial charge in [0.2, 0.25) is 11.0 Å². The molecule has 8 heteroatoms. The van der Waals surface area contributed by atoms with Crippen LogP contribution in [0.15, 0.2) is 34.2 Å². The molecule has 4 rings (SSSR count). The molecule has 0 saturated heterocycles. The van der Waals surface area contributed by atoms with Crippen molar-refractivity contribution in [2.24, 2.45) is 11.0 Å². The number of benzene rings is 1. The number of aromatic amines is 1. The standard InChI is InChI=1S/C17H17N5O2S/c1-9(19-20-15(23)11-7-8-11)14-10(2)21-22(16(14)24)17-18-12-5-3-4-6-13(12)25-17/h3-6,11,21H,7-8H2,1-2H3,(H,20,23). The zero-order valence-electron chi connectivity index (χ0n) is 13.9. The van der Waals surface area contributed by atoms with Crippen molar-refractivity contribution in [2.75, 3.05) is 0 Å². The van der Waals surface area contributed by atoms with E-state index in [0.717, 1.165) is 23.1 Å². The zero-order valence-corrected chi connectivity index (χ0v) is 14.7. The first-order valence-corrected chi connectivity index (χ1v) is 8.88. The van der Waals surface area contributed by atoms with E-state index in [1.54, 1.807) is 6.92 Å². The Labute approximate surface area is 147 Å². The number of para-hydroxylation sites is 1. The van der Waals surface area contributed by atoms with Crippen LogP contribution < -0.4 is 11.0 Å². The average molecular weight is 355 g/mol. The number of fused-ring (bicyclic) bond motifs is 1. The summed E-state index contributed by atoms with van der Waals surface area (Å²) in [4.78, 5) is 29.0. The molecule has 0 bridgehead atoms. The number of aryl methyl sites for hydroxylation is 1. The molecule has 128 valence electrons. The molecule has 2 heterocycles. The summed E-state index contributed by atoms with van der Waals surface area (Å²) < 4.78 is 2.44. The minimum absolute atomic E-state index is 0.0725. The molecule has 1 fully saturated rings. The topological polar surface area (TPSA) is 92.1 Å². The van der Waals surface area contributed by atoms with Gasteiger partial charge in [-0.25, -0.2) is 10.4 Å². The Kier molecular flexibility index (Phi) is 3.76. The van der Waals surface area contributed by atoms with E-state index in [4.69, 9.17) is 0 Å². The number of amides is 1. The van der Waals surface area contributed by atoms with E-state index in [1.165, 1.54) is 16.0 Å². The van der Waals surface area contributed by atoms with Crippen LogP contribution in [0.5, 0.6) is 0 Å². The number of nitrogens with zero attached hydrogens (tertiary/aromatic N) is 3. The molecule has 1 saturated carbocycles. The second-order valence-corrected chi connectivity index (χ2v) is 7.17. The fourth-order valence-electron chi connectivity index (χ4n) is 2.69. The number of hydrogen-bond donors (Lipinski definition) is 2. The molecule has 25 heavy (non-hydrogen) atoms. The SMILES string of the molecule is CC(=NNC(=O)C1CC1)c1c(C)[nH]n(-c2nc3ccccc3s2)c1=O. The highest BCUT2D eigenvalue weighted by molar-refractivity contribution is 7.20. The van der Waals surface area contributed by atoms with Gasteiger partial charge in [-0.1, -0.05) is 23.5 Å². The molecule has 1 aliphatic carbocycles. The highest BCUT2D eigenvalue weighted by Gasteiger charge is 2.29. The van der Waals surface area contributed by atoms with Crippen molar-refractivity contribution in [3.05, 3.63) is 45.9 Å². The molecule has 0 spiro atoms. The second-order valence-electron chi connectivity index (χ2n) is 6.16. The van der Waals surface area contributed by atoms with E-state index in [0.29, 0.717) is 22.1 Å². The molecule has 1 amide bonds.